The molecule has 1 unspecified atom stereocenters. The number of ether oxygens (including phenoxy) is 3. The number of anilines is 1. The van der Waals surface area contributed by atoms with Gasteiger partial charge in [-0.3, -0.25) is 9.59 Å². The Morgan fingerprint density at radius 1 is 0.968 bits per heavy atom. The van der Waals surface area contributed by atoms with Crippen molar-refractivity contribution in [2.75, 3.05) is 19.5 Å². The summed E-state index contributed by atoms with van der Waals surface area (Å²) in [4.78, 5) is 24.9. The van der Waals surface area contributed by atoms with Crippen LogP contribution >= 0.6 is 0 Å². The molecule has 1 atom stereocenters. The number of nitrogens with zero attached hydrogens (tertiary/aromatic N) is 2. The van der Waals surface area contributed by atoms with Crippen molar-refractivity contribution < 1.29 is 19.0 Å². The lowest BCUT2D eigenvalue weighted by molar-refractivity contribution is -0.122. The maximum atomic E-state index is 12.6. The number of amides is 1. The zero-order valence-electron chi connectivity index (χ0n) is 18.1. The summed E-state index contributed by atoms with van der Waals surface area (Å²) in [6, 6.07) is 13.5. The average Bonchev–Trinajstić information content (AvgIpc) is 2.76. The van der Waals surface area contributed by atoms with Crippen LogP contribution in [0, 0.1) is 13.8 Å². The van der Waals surface area contributed by atoms with Crippen LogP contribution in [0.5, 0.6) is 17.4 Å². The van der Waals surface area contributed by atoms with Crippen molar-refractivity contribution >= 4 is 11.6 Å². The highest BCUT2D eigenvalue weighted by Gasteiger charge is 2.17. The minimum atomic E-state index is -0.855. The summed E-state index contributed by atoms with van der Waals surface area (Å²) >= 11 is 0. The number of methoxy groups -OCH3 is 2. The molecule has 31 heavy (non-hydrogen) atoms. The van der Waals surface area contributed by atoms with Crippen LogP contribution in [-0.4, -0.2) is 36.0 Å². The first-order chi connectivity index (χ1) is 14.8. The standard InChI is InChI=1S/C23H25N3O5/c1-14-6-8-18(12-15(14)2)26-22(27)11-10-21(25-26)31-16(3)23(28)24-17-7-9-19(29-4)20(13-17)30-5/h6-13,16H,1-5H3,(H,24,28). The van der Waals surface area contributed by atoms with Crippen LogP contribution in [0.25, 0.3) is 5.69 Å². The van der Waals surface area contributed by atoms with Gasteiger partial charge >= 0.3 is 0 Å². The van der Waals surface area contributed by atoms with Crippen molar-refractivity contribution in [3.05, 3.63) is 70.0 Å². The molecular weight excluding hydrogens is 398 g/mol. The predicted molar refractivity (Wildman–Crippen MR) is 118 cm³/mol. The van der Waals surface area contributed by atoms with Crippen LogP contribution in [0.2, 0.25) is 0 Å². The molecule has 0 aliphatic heterocycles. The highest BCUT2D eigenvalue weighted by molar-refractivity contribution is 5.94. The minimum Gasteiger partial charge on any atom is -0.493 e. The first-order valence-electron chi connectivity index (χ1n) is 9.70. The number of hydrogen-bond acceptors (Lipinski definition) is 6. The zero-order chi connectivity index (χ0) is 22.5. The number of aromatic nitrogens is 2. The molecule has 0 saturated carbocycles. The molecule has 0 fully saturated rings. The highest BCUT2D eigenvalue weighted by atomic mass is 16.5. The summed E-state index contributed by atoms with van der Waals surface area (Å²) in [6.45, 7) is 5.56. The lowest BCUT2D eigenvalue weighted by Crippen LogP contribution is -2.31. The third-order valence-corrected chi connectivity index (χ3v) is 4.83. The lowest BCUT2D eigenvalue weighted by Gasteiger charge is -2.16. The third kappa shape index (κ3) is 5.03. The van der Waals surface area contributed by atoms with Crippen molar-refractivity contribution in [3.63, 3.8) is 0 Å². The van der Waals surface area contributed by atoms with E-state index >= 15 is 0 Å². The molecule has 1 amide bonds. The van der Waals surface area contributed by atoms with Crippen LogP contribution in [0.1, 0.15) is 18.1 Å². The van der Waals surface area contributed by atoms with Gasteiger partial charge in [0.15, 0.2) is 17.6 Å². The van der Waals surface area contributed by atoms with E-state index in [-0.39, 0.29) is 17.3 Å². The van der Waals surface area contributed by atoms with Gasteiger partial charge in [0.25, 0.3) is 11.5 Å². The Morgan fingerprint density at radius 2 is 1.71 bits per heavy atom. The van der Waals surface area contributed by atoms with Crippen LogP contribution in [-0.2, 0) is 4.79 Å². The monoisotopic (exact) mass is 423 g/mol. The van der Waals surface area contributed by atoms with Gasteiger partial charge < -0.3 is 19.5 Å². The second-order valence-electron chi connectivity index (χ2n) is 7.01. The van der Waals surface area contributed by atoms with E-state index < -0.39 is 6.10 Å². The van der Waals surface area contributed by atoms with Gasteiger partial charge in [-0.15, -0.1) is 5.10 Å². The number of nitrogens with one attached hydrogen (secondary N) is 1. The summed E-state index contributed by atoms with van der Waals surface area (Å²) in [5.41, 5.74) is 3.02. The molecule has 8 nitrogen and oxygen atoms in total. The maximum absolute atomic E-state index is 12.6. The SMILES string of the molecule is COc1ccc(NC(=O)C(C)Oc2ccc(=O)n(-c3ccc(C)c(C)c3)n2)cc1OC. The molecule has 0 radical (unpaired) electrons. The number of benzene rings is 2. The number of carbonyl (C=O) groups is 1. The van der Waals surface area contributed by atoms with Crippen LogP contribution in [0.3, 0.4) is 0 Å². The molecule has 1 N–H and O–H groups in total. The third-order valence-electron chi connectivity index (χ3n) is 4.83. The predicted octanol–water partition coefficient (Wildman–Crippen LogP) is 3.27. The maximum Gasteiger partial charge on any atom is 0.271 e. The van der Waals surface area contributed by atoms with Crippen LogP contribution in [0.4, 0.5) is 5.69 Å². The van der Waals surface area contributed by atoms with E-state index in [0.717, 1.165) is 11.1 Å². The molecule has 8 heteroatoms. The molecule has 0 aliphatic rings. The van der Waals surface area contributed by atoms with E-state index in [9.17, 15) is 9.59 Å². The van der Waals surface area contributed by atoms with Crippen LogP contribution in [0.15, 0.2) is 53.3 Å². The van der Waals surface area contributed by atoms with E-state index in [1.807, 2.05) is 32.0 Å². The summed E-state index contributed by atoms with van der Waals surface area (Å²) in [7, 11) is 3.06. The van der Waals surface area contributed by atoms with E-state index in [1.54, 1.807) is 25.1 Å². The highest BCUT2D eigenvalue weighted by Crippen LogP contribution is 2.29. The molecule has 0 bridgehead atoms. The lowest BCUT2D eigenvalue weighted by atomic mass is 10.1. The van der Waals surface area contributed by atoms with E-state index in [0.29, 0.717) is 22.9 Å². The van der Waals surface area contributed by atoms with Gasteiger partial charge in [0, 0.05) is 23.9 Å². The molecule has 1 aromatic heterocycles. The fourth-order valence-corrected chi connectivity index (χ4v) is 2.89. The topological polar surface area (TPSA) is 91.7 Å². The van der Waals surface area contributed by atoms with Crippen molar-refractivity contribution in [1.29, 1.82) is 0 Å². The summed E-state index contributed by atoms with van der Waals surface area (Å²) in [5.74, 6) is 0.837. The van der Waals surface area contributed by atoms with E-state index in [1.165, 1.54) is 31.0 Å². The Kier molecular flexibility index (Phi) is 6.59. The molecule has 0 saturated heterocycles. The number of aryl methyl sites for hydroxylation is 2. The molecule has 162 valence electrons. The first kappa shape index (κ1) is 21.9. The zero-order valence-corrected chi connectivity index (χ0v) is 18.1. The Labute approximate surface area is 180 Å². The second-order valence-corrected chi connectivity index (χ2v) is 7.01. The number of rotatable bonds is 7. The van der Waals surface area contributed by atoms with Gasteiger partial charge in [-0.1, -0.05) is 6.07 Å². The fourth-order valence-electron chi connectivity index (χ4n) is 2.89. The first-order valence-corrected chi connectivity index (χ1v) is 9.70. The number of carbonyl (C=O) groups excluding carboxylic acids is 1. The Morgan fingerprint density at radius 3 is 2.39 bits per heavy atom. The average molecular weight is 423 g/mol. The quantitative estimate of drug-likeness (QED) is 0.627. The number of hydrogen-bond donors (Lipinski definition) is 1. The second kappa shape index (κ2) is 9.34. The van der Waals surface area contributed by atoms with Crippen molar-refractivity contribution in [2.24, 2.45) is 0 Å². The Hall–Kier alpha value is -3.81. The van der Waals surface area contributed by atoms with Gasteiger partial charge in [0.1, 0.15) is 0 Å². The molecule has 2 aromatic carbocycles. The van der Waals surface area contributed by atoms with Crippen LogP contribution < -0.4 is 25.1 Å². The van der Waals surface area contributed by atoms with Gasteiger partial charge in [0.05, 0.1) is 19.9 Å². The molecule has 3 aromatic rings. The molecule has 0 spiro atoms. The molecule has 3 rings (SSSR count). The van der Waals surface area contributed by atoms with E-state index in [4.69, 9.17) is 14.2 Å². The summed E-state index contributed by atoms with van der Waals surface area (Å²) in [6.07, 6.45) is -0.855. The van der Waals surface area contributed by atoms with Crippen molar-refractivity contribution in [3.8, 4) is 23.1 Å². The molecule has 1 heterocycles. The van der Waals surface area contributed by atoms with Crippen molar-refractivity contribution in [2.45, 2.75) is 26.9 Å². The normalized spacial score (nSPS) is 11.5. The van der Waals surface area contributed by atoms with Gasteiger partial charge in [-0.05, 0) is 56.2 Å². The summed E-state index contributed by atoms with van der Waals surface area (Å²) in [5, 5.41) is 7.02. The Balaban J connectivity index is 1.75. The fraction of sp³-hybridized carbons (Fsp3) is 0.261. The molecular formula is C23H25N3O5. The largest absolute Gasteiger partial charge is 0.493 e. The van der Waals surface area contributed by atoms with Crippen molar-refractivity contribution in [1.82, 2.24) is 9.78 Å². The smallest absolute Gasteiger partial charge is 0.271 e. The van der Waals surface area contributed by atoms with E-state index in [2.05, 4.69) is 10.4 Å². The van der Waals surface area contributed by atoms with Gasteiger partial charge in [-0.25, -0.2) is 0 Å². The van der Waals surface area contributed by atoms with Gasteiger partial charge in [0.2, 0.25) is 5.88 Å². The summed E-state index contributed by atoms with van der Waals surface area (Å²) < 4.78 is 17.4. The molecule has 0 aliphatic carbocycles. The van der Waals surface area contributed by atoms with Gasteiger partial charge in [-0.2, -0.15) is 4.68 Å². The minimum absolute atomic E-state index is 0.160. The Bertz CT molecular complexity index is 1160.